The molecular formula is C54H50N+. The van der Waals surface area contributed by atoms with E-state index in [0.717, 1.165) is 17.6 Å². The highest BCUT2D eigenvalue weighted by Crippen LogP contribution is 2.50. The van der Waals surface area contributed by atoms with Crippen LogP contribution >= 0.6 is 0 Å². The van der Waals surface area contributed by atoms with Crippen molar-refractivity contribution in [2.75, 3.05) is 13.1 Å². The fraction of sp³-hybridized carbons (Fsp3) is 0.185. The molecule has 1 aliphatic heterocycles. The molecule has 1 heterocycles. The number of quaternary nitrogens is 1. The molecule has 8 aromatic rings. The molecule has 0 N–H and O–H groups in total. The Balaban J connectivity index is 1.35. The van der Waals surface area contributed by atoms with Crippen LogP contribution in [0.25, 0.3) is 77.2 Å². The van der Waals surface area contributed by atoms with E-state index in [1.165, 1.54) is 127 Å². The standard InChI is InChI=1S/C54H50N/c1-3-5-33-55(34-6-4-2)37-51-49(43-29-25-41(26-30-43)39-17-9-7-10-18-39)35-45-21-13-15-23-47(45)53(51)54-48-24-16-14-22-46(48)36-50(52(54)38-55)44-31-27-42(28-32-44)40-19-11-8-12-20-40/h7-32,35-36H,3-6,33-34,37-38H2,1-2H3/q+1. The van der Waals surface area contributed by atoms with E-state index in [4.69, 9.17) is 0 Å². The summed E-state index contributed by atoms with van der Waals surface area (Å²) in [5.41, 5.74) is 16.2. The van der Waals surface area contributed by atoms with Gasteiger partial charge in [0.15, 0.2) is 0 Å². The largest absolute Gasteiger partial charge is 0.316 e. The van der Waals surface area contributed by atoms with Crippen LogP contribution in [0.5, 0.6) is 0 Å². The van der Waals surface area contributed by atoms with Crippen molar-refractivity contribution in [3.63, 3.8) is 0 Å². The van der Waals surface area contributed by atoms with Crippen LogP contribution in [-0.4, -0.2) is 17.6 Å². The first-order valence-electron chi connectivity index (χ1n) is 20.4. The van der Waals surface area contributed by atoms with E-state index in [2.05, 4.69) is 184 Å². The molecule has 0 saturated heterocycles. The highest BCUT2D eigenvalue weighted by atomic mass is 15.3. The zero-order chi connectivity index (χ0) is 37.2. The molecule has 0 saturated carbocycles. The number of nitrogens with zero attached hydrogens (tertiary/aromatic N) is 1. The second-order valence-corrected chi connectivity index (χ2v) is 15.7. The van der Waals surface area contributed by atoms with Crippen molar-refractivity contribution < 1.29 is 4.48 Å². The number of hydrogen-bond donors (Lipinski definition) is 0. The first-order chi connectivity index (χ1) is 27.1. The van der Waals surface area contributed by atoms with Crippen LogP contribution in [0.2, 0.25) is 0 Å². The number of fused-ring (bicyclic) bond motifs is 7. The maximum atomic E-state index is 2.50. The van der Waals surface area contributed by atoms with Crippen molar-refractivity contribution in [1.29, 1.82) is 0 Å². The smallest absolute Gasteiger partial charge is 0.106 e. The highest BCUT2D eigenvalue weighted by molar-refractivity contribution is 6.12. The predicted molar refractivity (Wildman–Crippen MR) is 236 cm³/mol. The summed E-state index contributed by atoms with van der Waals surface area (Å²) >= 11 is 0. The molecule has 0 spiro atoms. The lowest BCUT2D eigenvalue weighted by Crippen LogP contribution is -2.47. The fourth-order valence-electron chi connectivity index (χ4n) is 9.28. The van der Waals surface area contributed by atoms with Crippen molar-refractivity contribution in [2.24, 2.45) is 0 Å². The lowest BCUT2D eigenvalue weighted by Gasteiger charge is -2.39. The molecule has 270 valence electrons. The Kier molecular flexibility index (Phi) is 9.65. The maximum absolute atomic E-state index is 2.50. The SMILES string of the molecule is CCCC[N+]1(CCCC)Cc2c(-c3ccc(-c4ccccc4)cc3)cc3ccccc3c2-c2c(c(-c3ccc(-c4ccccc4)cc3)cc3ccccc23)C1. The van der Waals surface area contributed by atoms with Gasteiger partial charge in [-0.2, -0.15) is 0 Å². The molecule has 0 aromatic heterocycles. The van der Waals surface area contributed by atoms with E-state index in [0.29, 0.717) is 0 Å². The lowest BCUT2D eigenvalue weighted by molar-refractivity contribution is -0.953. The quantitative estimate of drug-likeness (QED) is 0.124. The zero-order valence-electron chi connectivity index (χ0n) is 32.3. The molecule has 0 unspecified atom stereocenters. The Morgan fingerprint density at radius 2 is 0.727 bits per heavy atom. The van der Waals surface area contributed by atoms with Crippen LogP contribution in [-0.2, 0) is 13.1 Å². The predicted octanol–water partition coefficient (Wildman–Crippen LogP) is 14.8. The molecule has 0 radical (unpaired) electrons. The van der Waals surface area contributed by atoms with Crippen LogP contribution in [0.3, 0.4) is 0 Å². The Labute approximate surface area is 327 Å². The summed E-state index contributed by atoms with van der Waals surface area (Å²) in [6, 6.07) is 63.6. The van der Waals surface area contributed by atoms with Crippen molar-refractivity contribution in [3.8, 4) is 55.6 Å². The fourth-order valence-corrected chi connectivity index (χ4v) is 9.28. The minimum atomic E-state index is 1.02. The molecule has 0 amide bonds. The number of rotatable bonds is 10. The molecule has 9 rings (SSSR count). The summed E-state index contributed by atoms with van der Waals surface area (Å²) in [6.07, 6.45) is 4.83. The van der Waals surface area contributed by atoms with Gasteiger partial charge in [-0.25, -0.2) is 0 Å². The average Bonchev–Trinajstić information content (AvgIpc) is 3.41. The number of hydrogen-bond acceptors (Lipinski definition) is 0. The number of unbranched alkanes of at least 4 members (excludes halogenated alkanes) is 2. The van der Waals surface area contributed by atoms with Gasteiger partial charge in [0.05, 0.1) is 13.1 Å². The Morgan fingerprint density at radius 3 is 1.13 bits per heavy atom. The summed E-state index contributed by atoms with van der Waals surface area (Å²) in [6.45, 7) is 9.10. The molecule has 1 aliphatic rings. The molecule has 8 aromatic carbocycles. The average molecular weight is 713 g/mol. The first-order valence-corrected chi connectivity index (χ1v) is 20.4. The van der Waals surface area contributed by atoms with Gasteiger partial charge in [0.25, 0.3) is 0 Å². The summed E-state index contributed by atoms with van der Waals surface area (Å²) in [5.74, 6) is 0. The Morgan fingerprint density at radius 1 is 0.382 bits per heavy atom. The molecule has 0 aliphatic carbocycles. The minimum absolute atomic E-state index is 1.02. The summed E-state index contributed by atoms with van der Waals surface area (Å²) in [4.78, 5) is 0. The third-order valence-corrected chi connectivity index (χ3v) is 12.1. The van der Waals surface area contributed by atoms with Crippen LogP contribution in [0, 0.1) is 0 Å². The number of benzene rings is 8. The van der Waals surface area contributed by atoms with Crippen molar-refractivity contribution in [3.05, 3.63) is 181 Å². The molecule has 55 heavy (non-hydrogen) atoms. The van der Waals surface area contributed by atoms with E-state index in [-0.39, 0.29) is 0 Å². The molecule has 1 nitrogen and oxygen atoms in total. The van der Waals surface area contributed by atoms with E-state index in [9.17, 15) is 0 Å². The van der Waals surface area contributed by atoms with E-state index < -0.39 is 0 Å². The normalized spacial score (nSPS) is 13.3. The zero-order valence-corrected chi connectivity index (χ0v) is 32.3. The summed E-state index contributed by atoms with van der Waals surface area (Å²) in [5, 5.41) is 5.32. The molecule has 0 atom stereocenters. The van der Waals surface area contributed by atoms with Gasteiger partial charge in [-0.3, -0.25) is 0 Å². The van der Waals surface area contributed by atoms with E-state index in [1.54, 1.807) is 0 Å². The molecule has 1 heteroatoms. The Hall–Kier alpha value is -5.76. The van der Waals surface area contributed by atoms with Gasteiger partial charge < -0.3 is 4.48 Å². The van der Waals surface area contributed by atoms with Crippen molar-refractivity contribution in [2.45, 2.75) is 52.6 Å². The van der Waals surface area contributed by atoms with Gasteiger partial charge >= 0.3 is 0 Å². The molecule has 0 fully saturated rings. The summed E-state index contributed by atoms with van der Waals surface area (Å²) < 4.78 is 1.07. The van der Waals surface area contributed by atoms with Gasteiger partial charge in [0, 0.05) is 22.3 Å². The van der Waals surface area contributed by atoms with Crippen molar-refractivity contribution >= 4 is 21.5 Å². The van der Waals surface area contributed by atoms with Crippen LogP contribution < -0.4 is 0 Å². The molecule has 0 bridgehead atoms. The Bertz CT molecular complexity index is 2400. The second kappa shape index (κ2) is 15.2. The highest BCUT2D eigenvalue weighted by Gasteiger charge is 2.37. The van der Waals surface area contributed by atoms with Crippen LogP contribution in [0.15, 0.2) is 170 Å². The topological polar surface area (TPSA) is 0 Å². The third-order valence-electron chi connectivity index (χ3n) is 12.1. The van der Waals surface area contributed by atoms with Gasteiger partial charge in [0.2, 0.25) is 0 Å². The van der Waals surface area contributed by atoms with Crippen molar-refractivity contribution in [1.82, 2.24) is 0 Å². The van der Waals surface area contributed by atoms with Gasteiger partial charge in [-0.1, -0.05) is 184 Å². The van der Waals surface area contributed by atoms with Gasteiger partial charge in [-0.05, 0) is 91.0 Å². The first kappa shape index (κ1) is 35.0. The lowest BCUT2D eigenvalue weighted by atomic mass is 9.82. The maximum Gasteiger partial charge on any atom is 0.106 e. The summed E-state index contributed by atoms with van der Waals surface area (Å²) in [7, 11) is 0. The monoisotopic (exact) mass is 712 g/mol. The van der Waals surface area contributed by atoms with E-state index in [1.807, 2.05) is 0 Å². The van der Waals surface area contributed by atoms with Gasteiger partial charge in [-0.15, -0.1) is 0 Å². The minimum Gasteiger partial charge on any atom is -0.316 e. The van der Waals surface area contributed by atoms with E-state index >= 15 is 0 Å². The third kappa shape index (κ3) is 6.68. The molecular weight excluding hydrogens is 663 g/mol. The van der Waals surface area contributed by atoms with Crippen LogP contribution in [0.4, 0.5) is 0 Å². The second-order valence-electron chi connectivity index (χ2n) is 15.7. The van der Waals surface area contributed by atoms with Gasteiger partial charge in [0.1, 0.15) is 13.1 Å². The van der Waals surface area contributed by atoms with Crippen LogP contribution in [0.1, 0.15) is 50.7 Å².